The summed E-state index contributed by atoms with van der Waals surface area (Å²) >= 11 is 6.01. The summed E-state index contributed by atoms with van der Waals surface area (Å²) in [5, 5.41) is 9.54. The van der Waals surface area contributed by atoms with E-state index >= 15 is 0 Å². The Hall–Kier alpha value is -1.53. The molecule has 1 aliphatic rings. The summed E-state index contributed by atoms with van der Waals surface area (Å²) in [7, 11) is 0. The van der Waals surface area contributed by atoms with Gasteiger partial charge in [-0.3, -0.25) is 4.79 Å². The lowest BCUT2D eigenvalue weighted by Crippen LogP contribution is -2.35. The van der Waals surface area contributed by atoms with Crippen molar-refractivity contribution >= 4 is 17.5 Å². The van der Waals surface area contributed by atoms with E-state index in [1.165, 1.54) is 0 Å². The molecule has 1 fully saturated rings. The Morgan fingerprint density at radius 1 is 1.53 bits per heavy atom. The van der Waals surface area contributed by atoms with Gasteiger partial charge in [0.25, 0.3) is 0 Å². The summed E-state index contributed by atoms with van der Waals surface area (Å²) in [5.41, 5.74) is 0.822. The van der Waals surface area contributed by atoms with E-state index in [4.69, 9.17) is 16.9 Å². The molecule has 1 amide bonds. The van der Waals surface area contributed by atoms with Gasteiger partial charge >= 0.3 is 0 Å². The molecule has 0 bridgehead atoms. The number of hydrogen-bond donors (Lipinski definition) is 0. The summed E-state index contributed by atoms with van der Waals surface area (Å²) in [4.78, 5) is 13.7. The fourth-order valence-electron chi connectivity index (χ4n) is 2.11. The van der Waals surface area contributed by atoms with E-state index < -0.39 is 0 Å². The highest BCUT2D eigenvalue weighted by atomic mass is 35.5. The number of carbonyl (C=O) groups excluding carboxylic acids is 1. The lowest BCUT2D eigenvalue weighted by Gasteiger charge is -2.19. The summed E-state index contributed by atoms with van der Waals surface area (Å²) in [6.45, 7) is 0.682. The van der Waals surface area contributed by atoms with Crippen LogP contribution >= 0.6 is 11.6 Å². The minimum Gasteiger partial charge on any atom is -0.326 e. The maximum absolute atomic E-state index is 12.1. The molecule has 1 aromatic rings. The van der Waals surface area contributed by atoms with Gasteiger partial charge in [0.15, 0.2) is 0 Å². The third-order valence-corrected chi connectivity index (χ3v) is 3.39. The maximum Gasteiger partial charge on any atom is 0.228 e. The highest BCUT2D eigenvalue weighted by Crippen LogP contribution is 2.20. The molecule has 3 nitrogen and oxygen atoms in total. The van der Waals surface area contributed by atoms with Gasteiger partial charge in [-0.05, 0) is 24.5 Å². The minimum atomic E-state index is -0.259. The van der Waals surface area contributed by atoms with Gasteiger partial charge in [0.05, 0.1) is 12.5 Å². The second-order valence-corrected chi connectivity index (χ2v) is 4.55. The first-order valence-corrected chi connectivity index (χ1v) is 6.02. The molecule has 2 rings (SSSR count). The zero-order chi connectivity index (χ0) is 12.3. The standard InChI is InChI=1S/C13H13ClN2O/c14-12-6-2-1-4-10(12)8-13(17)16-7-3-5-11(16)9-15/h1-2,4,6,11H,3,5,7-8H2. The molecular weight excluding hydrogens is 236 g/mol. The molecule has 1 heterocycles. The van der Waals surface area contributed by atoms with Crippen LogP contribution < -0.4 is 0 Å². The number of halogens is 1. The average Bonchev–Trinajstić information content (AvgIpc) is 2.80. The number of nitrogens with zero attached hydrogens (tertiary/aromatic N) is 2. The van der Waals surface area contributed by atoms with Crippen molar-refractivity contribution in [3.8, 4) is 6.07 Å². The van der Waals surface area contributed by atoms with Crippen LogP contribution in [0.15, 0.2) is 24.3 Å². The van der Waals surface area contributed by atoms with E-state index in [0.29, 0.717) is 11.6 Å². The molecule has 0 radical (unpaired) electrons. The third-order valence-electron chi connectivity index (χ3n) is 3.02. The zero-order valence-corrected chi connectivity index (χ0v) is 10.2. The number of benzene rings is 1. The predicted molar refractivity (Wildman–Crippen MR) is 65.5 cm³/mol. The van der Waals surface area contributed by atoms with Gasteiger partial charge in [-0.15, -0.1) is 0 Å². The highest BCUT2D eigenvalue weighted by Gasteiger charge is 2.28. The Bertz CT molecular complexity index is 467. The van der Waals surface area contributed by atoms with E-state index in [9.17, 15) is 4.79 Å². The predicted octanol–water partition coefficient (Wildman–Crippen LogP) is 2.40. The van der Waals surface area contributed by atoms with Gasteiger partial charge < -0.3 is 4.90 Å². The minimum absolute atomic E-state index is 0.0119. The Labute approximate surface area is 106 Å². The highest BCUT2D eigenvalue weighted by molar-refractivity contribution is 6.31. The fourth-order valence-corrected chi connectivity index (χ4v) is 2.31. The topological polar surface area (TPSA) is 44.1 Å². The van der Waals surface area contributed by atoms with Gasteiger partial charge in [-0.1, -0.05) is 29.8 Å². The van der Waals surface area contributed by atoms with Crippen molar-refractivity contribution in [2.24, 2.45) is 0 Å². The first-order valence-electron chi connectivity index (χ1n) is 5.65. The van der Waals surface area contributed by atoms with Crippen molar-refractivity contribution in [2.75, 3.05) is 6.54 Å². The lowest BCUT2D eigenvalue weighted by atomic mass is 10.1. The molecule has 0 spiro atoms. The molecule has 1 saturated heterocycles. The maximum atomic E-state index is 12.1. The number of nitriles is 1. The van der Waals surface area contributed by atoms with Crippen LogP contribution in [0.25, 0.3) is 0 Å². The van der Waals surface area contributed by atoms with Crippen LogP contribution in [0.3, 0.4) is 0 Å². The van der Waals surface area contributed by atoms with Crippen molar-refractivity contribution < 1.29 is 4.79 Å². The van der Waals surface area contributed by atoms with Crippen molar-refractivity contribution in [3.05, 3.63) is 34.9 Å². The van der Waals surface area contributed by atoms with E-state index in [2.05, 4.69) is 6.07 Å². The second-order valence-electron chi connectivity index (χ2n) is 4.14. The van der Waals surface area contributed by atoms with Gasteiger partial charge in [-0.2, -0.15) is 5.26 Å². The van der Waals surface area contributed by atoms with Crippen LogP contribution in [0.4, 0.5) is 0 Å². The van der Waals surface area contributed by atoms with Crippen molar-refractivity contribution in [3.63, 3.8) is 0 Å². The molecule has 4 heteroatoms. The zero-order valence-electron chi connectivity index (χ0n) is 9.40. The third kappa shape index (κ3) is 2.59. The molecule has 1 aliphatic heterocycles. The van der Waals surface area contributed by atoms with Crippen LogP contribution in [0, 0.1) is 11.3 Å². The van der Waals surface area contributed by atoms with E-state index in [0.717, 1.165) is 18.4 Å². The molecule has 0 N–H and O–H groups in total. The number of carbonyl (C=O) groups is 1. The number of amides is 1. The summed E-state index contributed by atoms with van der Waals surface area (Å²) in [5.74, 6) is -0.0119. The monoisotopic (exact) mass is 248 g/mol. The molecule has 0 aromatic heterocycles. The van der Waals surface area contributed by atoms with Crippen molar-refractivity contribution in [1.29, 1.82) is 5.26 Å². The largest absolute Gasteiger partial charge is 0.326 e. The van der Waals surface area contributed by atoms with Crippen LogP contribution in [0.1, 0.15) is 18.4 Å². The average molecular weight is 249 g/mol. The van der Waals surface area contributed by atoms with Crippen LogP contribution in [-0.2, 0) is 11.2 Å². The Morgan fingerprint density at radius 3 is 3.00 bits per heavy atom. The SMILES string of the molecule is N#CC1CCCN1C(=O)Cc1ccccc1Cl. The van der Waals surface area contributed by atoms with E-state index in [1.807, 2.05) is 18.2 Å². The molecule has 0 saturated carbocycles. The molecule has 1 aromatic carbocycles. The van der Waals surface area contributed by atoms with Gasteiger partial charge in [-0.25, -0.2) is 0 Å². The fraction of sp³-hybridized carbons (Fsp3) is 0.385. The Balaban J connectivity index is 2.07. The quantitative estimate of drug-likeness (QED) is 0.807. The van der Waals surface area contributed by atoms with Gasteiger partial charge in [0.2, 0.25) is 5.91 Å². The van der Waals surface area contributed by atoms with Gasteiger partial charge in [0, 0.05) is 11.6 Å². The van der Waals surface area contributed by atoms with Crippen LogP contribution in [-0.4, -0.2) is 23.4 Å². The molecule has 1 unspecified atom stereocenters. The second kappa shape index (κ2) is 5.20. The smallest absolute Gasteiger partial charge is 0.228 e. The lowest BCUT2D eigenvalue weighted by molar-refractivity contribution is -0.130. The number of hydrogen-bond acceptors (Lipinski definition) is 2. The summed E-state index contributed by atoms with van der Waals surface area (Å²) in [6, 6.07) is 9.23. The molecule has 88 valence electrons. The van der Waals surface area contributed by atoms with E-state index in [1.54, 1.807) is 11.0 Å². The molecule has 17 heavy (non-hydrogen) atoms. The van der Waals surface area contributed by atoms with Crippen molar-refractivity contribution in [1.82, 2.24) is 4.90 Å². The van der Waals surface area contributed by atoms with Crippen molar-refractivity contribution in [2.45, 2.75) is 25.3 Å². The normalized spacial score (nSPS) is 19.1. The first kappa shape index (κ1) is 11.9. The Kier molecular flexibility index (Phi) is 3.65. The molecule has 1 atom stereocenters. The molecule has 0 aliphatic carbocycles. The number of likely N-dealkylation sites (tertiary alicyclic amines) is 1. The molecular formula is C13H13ClN2O. The number of rotatable bonds is 2. The van der Waals surface area contributed by atoms with Crippen LogP contribution in [0.5, 0.6) is 0 Å². The summed E-state index contributed by atoms with van der Waals surface area (Å²) < 4.78 is 0. The summed E-state index contributed by atoms with van der Waals surface area (Å²) in [6.07, 6.45) is 1.97. The van der Waals surface area contributed by atoms with Crippen LogP contribution in [0.2, 0.25) is 5.02 Å². The van der Waals surface area contributed by atoms with E-state index in [-0.39, 0.29) is 18.4 Å². The van der Waals surface area contributed by atoms with Gasteiger partial charge in [0.1, 0.15) is 6.04 Å². The Morgan fingerprint density at radius 2 is 2.29 bits per heavy atom. The first-order chi connectivity index (χ1) is 8.22.